The highest BCUT2D eigenvalue weighted by molar-refractivity contribution is 5.32. The lowest BCUT2D eigenvalue weighted by Crippen LogP contribution is -2.32. The van der Waals surface area contributed by atoms with E-state index >= 15 is 0 Å². The van der Waals surface area contributed by atoms with Crippen LogP contribution in [-0.2, 0) is 0 Å². The molecule has 0 saturated carbocycles. The quantitative estimate of drug-likeness (QED) is 0.294. The highest BCUT2D eigenvalue weighted by atomic mass is 16.3. The van der Waals surface area contributed by atoms with Gasteiger partial charge in [0.25, 0.3) is 0 Å². The van der Waals surface area contributed by atoms with Crippen LogP contribution in [0, 0.1) is 11.3 Å². The number of aliphatic hydroxyl groups is 2. The highest BCUT2D eigenvalue weighted by Crippen LogP contribution is 2.41. The summed E-state index contributed by atoms with van der Waals surface area (Å²) in [4.78, 5) is 0. The summed E-state index contributed by atoms with van der Waals surface area (Å²) < 4.78 is 0. The predicted molar refractivity (Wildman–Crippen MR) is 140 cm³/mol. The van der Waals surface area contributed by atoms with Crippen molar-refractivity contribution < 1.29 is 10.2 Å². The Labute approximate surface area is 196 Å². The molecule has 2 heteroatoms. The van der Waals surface area contributed by atoms with Crippen LogP contribution < -0.4 is 0 Å². The molecule has 0 radical (unpaired) electrons. The molecule has 0 aromatic carbocycles. The van der Waals surface area contributed by atoms with Crippen molar-refractivity contribution in [2.75, 3.05) is 6.61 Å². The van der Waals surface area contributed by atoms with E-state index in [1.54, 1.807) is 0 Å². The van der Waals surface area contributed by atoms with Crippen LogP contribution in [0.4, 0.5) is 0 Å². The maximum absolute atomic E-state index is 10.00. The van der Waals surface area contributed by atoms with Crippen molar-refractivity contribution in [3.05, 3.63) is 107 Å². The third-order valence-corrected chi connectivity index (χ3v) is 5.61. The molecule has 1 aliphatic carbocycles. The molecule has 0 bridgehead atoms. The van der Waals surface area contributed by atoms with Gasteiger partial charge in [0.15, 0.2) is 0 Å². The molecular weight excluding hydrogens is 392 g/mol. The van der Waals surface area contributed by atoms with E-state index in [2.05, 4.69) is 77.2 Å². The van der Waals surface area contributed by atoms with E-state index in [4.69, 9.17) is 5.11 Å². The van der Waals surface area contributed by atoms with Crippen molar-refractivity contribution in [3.8, 4) is 0 Å². The second-order valence-electron chi connectivity index (χ2n) is 9.51. The zero-order valence-electron chi connectivity index (χ0n) is 21.0. The normalized spacial score (nSPS) is 23.8. The van der Waals surface area contributed by atoms with E-state index < -0.39 is 0 Å². The fourth-order valence-electron chi connectivity index (χ4n) is 3.76. The topological polar surface area (TPSA) is 40.5 Å². The number of hydrogen-bond acceptors (Lipinski definition) is 2. The van der Waals surface area contributed by atoms with Gasteiger partial charge < -0.3 is 10.2 Å². The smallest absolute Gasteiger partial charge is 0.0729 e. The lowest BCUT2D eigenvalue weighted by molar-refractivity contribution is 0.117. The Hall–Kier alpha value is -2.42. The molecule has 1 aliphatic rings. The summed E-state index contributed by atoms with van der Waals surface area (Å²) in [7, 11) is 0. The Balaban J connectivity index is 2.65. The van der Waals surface area contributed by atoms with Gasteiger partial charge in [-0.1, -0.05) is 115 Å². The molecule has 174 valence electrons. The van der Waals surface area contributed by atoms with Gasteiger partial charge in [-0.2, -0.15) is 0 Å². The lowest BCUT2D eigenvalue weighted by Gasteiger charge is -2.38. The minimum atomic E-state index is -0.327. The third-order valence-electron chi connectivity index (χ3n) is 5.61. The molecule has 0 fully saturated rings. The molecular formula is C30H42O2. The molecule has 0 aromatic rings. The van der Waals surface area contributed by atoms with Gasteiger partial charge in [-0.05, 0) is 52.0 Å². The van der Waals surface area contributed by atoms with E-state index in [0.717, 1.165) is 17.6 Å². The van der Waals surface area contributed by atoms with Crippen molar-refractivity contribution in [1.29, 1.82) is 0 Å². The standard InChI is InChI=1S/C30H42O2/c1-23(12-8-9-13-24(2)15-11-17-26(4)22-31)14-10-16-25(3)18-19-29-27(5)20-28(32)21-30(29,6)7/h8-20,28-29,31-32H,21-22H2,1-7H3/b9-8+,14-10+,15-11+,19-18+,23-12+,24-13+,25-16+,26-17+/t28-,29-/m0/s1. The SMILES string of the molecule is CC1=C[C@H](O)CC(C)(C)[C@H]1/C=C/C(C)=C/C=C/C(C)=C/C=C/C=C(C)/C=C/C=C(\C)CO. The van der Waals surface area contributed by atoms with E-state index in [1.807, 2.05) is 50.3 Å². The van der Waals surface area contributed by atoms with Crippen LogP contribution in [0.2, 0.25) is 0 Å². The largest absolute Gasteiger partial charge is 0.392 e. The molecule has 0 heterocycles. The average Bonchev–Trinajstić information content (AvgIpc) is 2.69. The van der Waals surface area contributed by atoms with Crippen molar-refractivity contribution in [2.45, 2.75) is 61.0 Å². The molecule has 0 saturated heterocycles. The van der Waals surface area contributed by atoms with E-state index in [0.29, 0.717) is 5.92 Å². The predicted octanol–water partition coefficient (Wildman–Crippen LogP) is 7.34. The van der Waals surface area contributed by atoms with Gasteiger partial charge in [0, 0.05) is 5.92 Å². The van der Waals surface area contributed by atoms with E-state index in [-0.39, 0.29) is 18.1 Å². The molecule has 1 rings (SSSR count). The van der Waals surface area contributed by atoms with Crippen LogP contribution in [0.3, 0.4) is 0 Å². The zero-order valence-corrected chi connectivity index (χ0v) is 21.0. The lowest BCUT2D eigenvalue weighted by atomic mass is 9.67. The Kier molecular flexibility index (Phi) is 12.0. The van der Waals surface area contributed by atoms with Gasteiger partial charge >= 0.3 is 0 Å². The van der Waals surface area contributed by atoms with Crippen LogP contribution in [0.25, 0.3) is 0 Å². The van der Waals surface area contributed by atoms with Gasteiger partial charge in [0.05, 0.1) is 12.7 Å². The Morgan fingerprint density at radius 3 is 1.91 bits per heavy atom. The molecule has 2 atom stereocenters. The third kappa shape index (κ3) is 10.7. The summed E-state index contributed by atoms with van der Waals surface area (Å²) in [6, 6.07) is 0. The maximum Gasteiger partial charge on any atom is 0.0729 e. The molecule has 32 heavy (non-hydrogen) atoms. The second kappa shape index (κ2) is 13.9. The van der Waals surface area contributed by atoms with Crippen LogP contribution in [0.5, 0.6) is 0 Å². The summed E-state index contributed by atoms with van der Waals surface area (Å²) in [5, 5.41) is 19.0. The van der Waals surface area contributed by atoms with Crippen molar-refractivity contribution in [1.82, 2.24) is 0 Å². The van der Waals surface area contributed by atoms with Gasteiger partial charge in [-0.25, -0.2) is 0 Å². The summed E-state index contributed by atoms with van der Waals surface area (Å²) in [5.74, 6) is 0.353. The number of allylic oxidation sites excluding steroid dienone is 16. The highest BCUT2D eigenvalue weighted by Gasteiger charge is 2.34. The first-order valence-corrected chi connectivity index (χ1v) is 11.4. The Morgan fingerprint density at radius 1 is 0.875 bits per heavy atom. The number of rotatable bonds is 9. The summed E-state index contributed by atoms with van der Waals surface area (Å²) in [6.07, 6.45) is 27.3. The number of hydrogen-bond donors (Lipinski definition) is 2. The van der Waals surface area contributed by atoms with Crippen LogP contribution in [0.15, 0.2) is 107 Å². The molecule has 0 amide bonds. The van der Waals surface area contributed by atoms with E-state index in [9.17, 15) is 5.11 Å². The van der Waals surface area contributed by atoms with Gasteiger partial charge in [-0.3, -0.25) is 0 Å². The van der Waals surface area contributed by atoms with Gasteiger partial charge in [-0.15, -0.1) is 0 Å². The fraction of sp³-hybridized carbons (Fsp3) is 0.400. The Morgan fingerprint density at radius 2 is 1.38 bits per heavy atom. The van der Waals surface area contributed by atoms with Crippen LogP contribution in [0.1, 0.15) is 54.9 Å². The molecule has 2 N–H and O–H groups in total. The second-order valence-corrected chi connectivity index (χ2v) is 9.51. The van der Waals surface area contributed by atoms with Crippen molar-refractivity contribution in [3.63, 3.8) is 0 Å². The molecule has 0 unspecified atom stereocenters. The zero-order chi connectivity index (χ0) is 24.1. The molecule has 0 spiro atoms. The first kappa shape index (κ1) is 27.6. The minimum absolute atomic E-state index is 0.0637. The number of aliphatic hydroxyl groups excluding tert-OH is 2. The van der Waals surface area contributed by atoms with Crippen LogP contribution in [-0.4, -0.2) is 22.9 Å². The minimum Gasteiger partial charge on any atom is -0.392 e. The first-order valence-electron chi connectivity index (χ1n) is 11.4. The van der Waals surface area contributed by atoms with Gasteiger partial charge in [0.1, 0.15) is 0 Å². The summed E-state index contributed by atoms with van der Waals surface area (Å²) in [5.41, 5.74) is 5.79. The van der Waals surface area contributed by atoms with Crippen molar-refractivity contribution in [2.24, 2.45) is 11.3 Å². The summed E-state index contributed by atoms with van der Waals surface area (Å²) in [6.45, 7) is 14.8. The monoisotopic (exact) mass is 434 g/mol. The first-order chi connectivity index (χ1) is 15.0. The molecule has 0 aromatic heterocycles. The van der Waals surface area contributed by atoms with E-state index in [1.165, 1.54) is 16.7 Å². The van der Waals surface area contributed by atoms with Crippen molar-refractivity contribution >= 4 is 0 Å². The average molecular weight is 435 g/mol. The Bertz CT molecular complexity index is 880. The fourth-order valence-corrected chi connectivity index (χ4v) is 3.76. The molecule has 0 aliphatic heterocycles. The van der Waals surface area contributed by atoms with Gasteiger partial charge in [0.2, 0.25) is 0 Å². The molecule has 2 nitrogen and oxygen atoms in total. The maximum atomic E-state index is 10.00. The summed E-state index contributed by atoms with van der Waals surface area (Å²) >= 11 is 0. The van der Waals surface area contributed by atoms with Crippen LogP contribution >= 0.6 is 0 Å².